The van der Waals surface area contributed by atoms with Crippen molar-refractivity contribution in [2.75, 3.05) is 11.9 Å². The van der Waals surface area contributed by atoms with Crippen molar-refractivity contribution in [2.24, 2.45) is 5.41 Å². The Morgan fingerprint density at radius 2 is 2.11 bits per heavy atom. The van der Waals surface area contributed by atoms with Gasteiger partial charge in [0, 0.05) is 12.7 Å². The zero-order chi connectivity index (χ0) is 14.5. The minimum absolute atomic E-state index is 0.0733. The molecular formula is C13H19N3O3. The van der Waals surface area contributed by atoms with Crippen molar-refractivity contribution in [2.45, 2.75) is 27.2 Å². The third-order valence-corrected chi connectivity index (χ3v) is 3.07. The Kier molecular flexibility index (Phi) is 4.86. The molecule has 19 heavy (non-hydrogen) atoms. The number of amides is 2. The van der Waals surface area contributed by atoms with Crippen LogP contribution in [-0.2, 0) is 4.79 Å². The molecule has 3 N–H and O–H groups in total. The minimum atomic E-state index is -0.956. The number of carbonyl (C=O) groups excluding carboxylic acids is 1. The van der Waals surface area contributed by atoms with E-state index in [0.717, 1.165) is 5.56 Å². The van der Waals surface area contributed by atoms with Crippen molar-refractivity contribution in [3.05, 3.63) is 24.0 Å². The molecule has 6 heteroatoms. The zero-order valence-electron chi connectivity index (χ0n) is 11.4. The van der Waals surface area contributed by atoms with Gasteiger partial charge in [0.05, 0.1) is 17.3 Å². The number of carbonyl (C=O) groups is 2. The van der Waals surface area contributed by atoms with E-state index in [4.69, 9.17) is 5.11 Å². The summed E-state index contributed by atoms with van der Waals surface area (Å²) in [5, 5.41) is 14.3. The molecule has 1 unspecified atom stereocenters. The molecule has 0 radical (unpaired) electrons. The number of pyridine rings is 1. The van der Waals surface area contributed by atoms with Gasteiger partial charge in [-0.15, -0.1) is 0 Å². The molecule has 2 amide bonds. The van der Waals surface area contributed by atoms with Gasteiger partial charge in [0.1, 0.15) is 0 Å². The van der Waals surface area contributed by atoms with E-state index < -0.39 is 17.4 Å². The van der Waals surface area contributed by atoms with Crippen LogP contribution in [0.5, 0.6) is 0 Å². The van der Waals surface area contributed by atoms with E-state index in [0.29, 0.717) is 12.1 Å². The zero-order valence-corrected chi connectivity index (χ0v) is 11.4. The molecule has 0 aliphatic carbocycles. The van der Waals surface area contributed by atoms with Crippen LogP contribution in [0.1, 0.15) is 25.8 Å². The van der Waals surface area contributed by atoms with Crippen LogP contribution in [0.25, 0.3) is 0 Å². The summed E-state index contributed by atoms with van der Waals surface area (Å²) in [5.74, 6) is -0.924. The number of carboxylic acid groups (broad SMARTS) is 1. The van der Waals surface area contributed by atoms with Crippen LogP contribution < -0.4 is 10.6 Å². The Balaban J connectivity index is 2.55. The van der Waals surface area contributed by atoms with Gasteiger partial charge in [0.25, 0.3) is 0 Å². The van der Waals surface area contributed by atoms with Crippen molar-refractivity contribution in [1.82, 2.24) is 10.3 Å². The lowest BCUT2D eigenvalue weighted by molar-refractivity contribution is -0.147. The quantitative estimate of drug-likeness (QED) is 0.759. The third-order valence-electron chi connectivity index (χ3n) is 3.07. The highest BCUT2D eigenvalue weighted by atomic mass is 16.4. The SMILES string of the molecule is CCC(C)(CNC(=O)Nc1cncc(C)c1)C(=O)O. The van der Waals surface area contributed by atoms with Gasteiger partial charge in [0.15, 0.2) is 0 Å². The number of aromatic nitrogens is 1. The van der Waals surface area contributed by atoms with Gasteiger partial charge in [-0.1, -0.05) is 6.92 Å². The van der Waals surface area contributed by atoms with Crippen LogP contribution >= 0.6 is 0 Å². The van der Waals surface area contributed by atoms with E-state index in [-0.39, 0.29) is 6.54 Å². The molecule has 1 heterocycles. The van der Waals surface area contributed by atoms with Gasteiger partial charge in [-0.25, -0.2) is 4.79 Å². The van der Waals surface area contributed by atoms with Crippen LogP contribution in [0.3, 0.4) is 0 Å². The number of carboxylic acids is 1. The molecule has 1 atom stereocenters. The Morgan fingerprint density at radius 1 is 1.42 bits per heavy atom. The molecule has 0 fully saturated rings. The standard InChI is InChI=1S/C13H19N3O3/c1-4-13(3,11(17)18)8-15-12(19)16-10-5-9(2)6-14-7-10/h5-7H,4,8H2,1-3H3,(H,17,18)(H2,15,16,19). The molecule has 104 valence electrons. The second-order valence-corrected chi connectivity index (χ2v) is 4.78. The fourth-order valence-electron chi connectivity index (χ4n) is 1.43. The highest BCUT2D eigenvalue weighted by Gasteiger charge is 2.31. The van der Waals surface area contributed by atoms with E-state index >= 15 is 0 Å². The summed E-state index contributed by atoms with van der Waals surface area (Å²) in [6.45, 7) is 5.32. The van der Waals surface area contributed by atoms with Crippen LogP contribution in [0.4, 0.5) is 10.5 Å². The lowest BCUT2D eigenvalue weighted by Crippen LogP contribution is -2.42. The number of nitrogens with one attached hydrogen (secondary N) is 2. The second-order valence-electron chi connectivity index (χ2n) is 4.78. The van der Waals surface area contributed by atoms with E-state index in [1.807, 2.05) is 6.92 Å². The van der Waals surface area contributed by atoms with Crippen molar-refractivity contribution in [3.63, 3.8) is 0 Å². The summed E-state index contributed by atoms with van der Waals surface area (Å²) in [6, 6.07) is 1.34. The Hall–Kier alpha value is -2.11. The Labute approximate surface area is 112 Å². The van der Waals surface area contributed by atoms with Crippen molar-refractivity contribution in [3.8, 4) is 0 Å². The van der Waals surface area contributed by atoms with Gasteiger partial charge in [-0.3, -0.25) is 9.78 Å². The van der Waals surface area contributed by atoms with E-state index in [1.165, 1.54) is 6.20 Å². The number of nitrogens with zero attached hydrogens (tertiary/aromatic N) is 1. The Bertz CT molecular complexity index is 476. The number of rotatable bonds is 5. The van der Waals surface area contributed by atoms with E-state index in [2.05, 4.69) is 15.6 Å². The maximum Gasteiger partial charge on any atom is 0.319 e. The minimum Gasteiger partial charge on any atom is -0.481 e. The number of urea groups is 1. The van der Waals surface area contributed by atoms with Gasteiger partial charge in [-0.05, 0) is 31.9 Å². The molecule has 1 aromatic heterocycles. The molecule has 0 spiro atoms. The second kappa shape index (κ2) is 6.17. The van der Waals surface area contributed by atoms with Gasteiger partial charge < -0.3 is 15.7 Å². The maximum absolute atomic E-state index is 11.7. The maximum atomic E-state index is 11.7. The van der Waals surface area contributed by atoms with E-state index in [1.54, 1.807) is 26.1 Å². The summed E-state index contributed by atoms with van der Waals surface area (Å²) in [4.78, 5) is 26.7. The van der Waals surface area contributed by atoms with Crippen molar-refractivity contribution in [1.29, 1.82) is 0 Å². The summed E-state index contributed by atoms with van der Waals surface area (Å²) >= 11 is 0. The first kappa shape index (κ1) is 14.9. The predicted octanol–water partition coefficient (Wildman–Crippen LogP) is 2.01. The third kappa shape index (κ3) is 4.24. The number of anilines is 1. The normalized spacial score (nSPS) is 13.4. The molecule has 1 aromatic rings. The topological polar surface area (TPSA) is 91.3 Å². The Morgan fingerprint density at radius 3 is 2.63 bits per heavy atom. The first-order valence-corrected chi connectivity index (χ1v) is 6.07. The van der Waals surface area contributed by atoms with E-state index in [9.17, 15) is 9.59 Å². The lowest BCUT2D eigenvalue weighted by Gasteiger charge is -2.23. The highest BCUT2D eigenvalue weighted by molar-refractivity contribution is 5.89. The predicted molar refractivity (Wildman–Crippen MR) is 72.0 cm³/mol. The van der Waals surface area contributed by atoms with Crippen LogP contribution in [0.15, 0.2) is 18.5 Å². The number of hydrogen-bond acceptors (Lipinski definition) is 3. The largest absolute Gasteiger partial charge is 0.481 e. The van der Waals surface area contributed by atoms with Gasteiger partial charge >= 0.3 is 12.0 Å². The summed E-state index contributed by atoms with van der Waals surface area (Å²) in [5.41, 5.74) is 0.551. The number of aryl methyl sites for hydroxylation is 1. The molecule has 0 saturated carbocycles. The van der Waals surface area contributed by atoms with Crippen molar-refractivity contribution < 1.29 is 14.7 Å². The fourth-order valence-corrected chi connectivity index (χ4v) is 1.43. The average molecular weight is 265 g/mol. The van der Waals surface area contributed by atoms with Gasteiger partial charge in [-0.2, -0.15) is 0 Å². The summed E-state index contributed by atoms with van der Waals surface area (Å²) in [7, 11) is 0. The molecule has 0 aromatic carbocycles. The van der Waals surface area contributed by atoms with Crippen LogP contribution in [0.2, 0.25) is 0 Å². The molecule has 0 aliphatic rings. The van der Waals surface area contributed by atoms with Crippen LogP contribution in [-0.4, -0.2) is 28.6 Å². The first-order valence-electron chi connectivity index (χ1n) is 6.07. The smallest absolute Gasteiger partial charge is 0.319 e. The highest BCUT2D eigenvalue weighted by Crippen LogP contribution is 2.19. The van der Waals surface area contributed by atoms with Crippen molar-refractivity contribution >= 4 is 17.7 Å². The number of aliphatic carboxylic acids is 1. The molecule has 0 aliphatic heterocycles. The van der Waals surface area contributed by atoms with Crippen LogP contribution in [0, 0.1) is 12.3 Å². The summed E-state index contributed by atoms with van der Waals surface area (Å²) < 4.78 is 0. The monoisotopic (exact) mass is 265 g/mol. The summed E-state index contributed by atoms with van der Waals surface area (Å²) in [6.07, 6.45) is 3.65. The first-order chi connectivity index (χ1) is 8.87. The molecule has 1 rings (SSSR count). The molecule has 0 bridgehead atoms. The fraction of sp³-hybridized carbons (Fsp3) is 0.462. The lowest BCUT2D eigenvalue weighted by atomic mass is 9.88. The molecule has 6 nitrogen and oxygen atoms in total. The number of hydrogen-bond donors (Lipinski definition) is 3. The van der Waals surface area contributed by atoms with Gasteiger partial charge in [0.2, 0.25) is 0 Å². The molecule has 0 saturated heterocycles. The average Bonchev–Trinajstić information content (AvgIpc) is 2.35. The molecular weight excluding hydrogens is 246 g/mol.